The highest BCUT2D eigenvalue weighted by Crippen LogP contribution is 2.56. The number of piperidine rings is 1. The maximum Gasteiger partial charge on any atom is 0.254 e. The summed E-state index contributed by atoms with van der Waals surface area (Å²) >= 11 is 0. The fourth-order valence-electron chi connectivity index (χ4n) is 6.62. The van der Waals surface area contributed by atoms with Gasteiger partial charge in [-0.2, -0.15) is 0 Å². The lowest BCUT2D eigenvalue weighted by atomic mass is 9.51. The first-order valence-electron chi connectivity index (χ1n) is 12.6. The van der Waals surface area contributed by atoms with Crippen LogP contribution in [0.5, 0.6) is 0 Å². The van der Waals surface area contributed by atoms with Gasteiger partial charge in [-0.3, -0.25) is 14.8 Å². The lowest BCUT2D eigenvalue weighted by Crippen LogP contribution is -2.64. The Labute approximate surface area is 209 Å². The highest BCUT2D eigenvalue weighted by Gasteiger charge is 2.57. The van der Waals surface area contributed by atoms with Crippen molar-refractivity contribution in [3.05, 3.63) is 71.2 Å². The Morgan fingerprint density at radius 1 is 1.11 bits per heavy atom. The van der Waals surface area contributed by atoms with Crippen LogP contribution in [0.2, 0.25) is 0 Å². The average molecular weight is 477 g/mol. The summed E-state index contributed by atoms with van der Waals surface area (Å²) in [6, 6.07) is 10.6. The van der Waals surface area contributed by atoms with E-state index in [1.807, 2.05) is 24.4 Å². The van der Waals surface area contributed by atoms with Gasteiger partial charge in [0, 0.05) is 48.6 Å². The van der Waals surface area contributed by atoms with Crippen molar-refractivity contribution in [2.24, 2.45) is 10.4 Å². The lowest BCUT2D eigenvalue weighted by molar-refractivity contribution is -0.0261. The second-order valence-corrected chi connectivity index (χ2v) is 11.1. The maximum absolute atomic E-state index is 13.8. The van der Waals surface area contributed by atoms with Crippen LogP contribution in [-0.4, -0.2) is 49.5 Å². The Hall–Kier alpha value is -3.87. The minimum Gasteiger partial charge on any atom is -0.337 e. The van der Waals surface area contributed by atoms with Crippen LogP contribution in [0.15, 0.2) is 53.9 Å². The van der Waals surface area contributed by atoms with Crippen LogP contribution in [0.1, 0.15) is 54.2 Å². The molecule has 2 aromatic heterocycles. The Morgan fingerprint density at radius 2 is 2.00 bits per heavy atom. The number of benzene rings is 2. The highest BCUT2D eigenvalue weighted by atomic mass is 16.2. The van der Waals surface area contributed by atoms with E-state index in [4.69, 9.17) is 4.98 Å². The molecule has 0 radical (unpaired) electrons. The summed E-state index contributed by atoms with van der Waals surface area (Å²) in [5.41, 5.74) is 8.05. The molecule has 7 rings (SSSR count). The van der Waals surface area contributed by atoms with Crippen molar-refractivity contribution in [3.63, 3.8) is 0 Å². The van der Waals surface area contributed by atoms with E-state index in [0.29, 0.717) is 0 Å². The molecule has 7 nitrogen and oxygen atoms in total. The number of amides is 1. The monoisotopic (exact) mass is 476 g/mol. The number of hydrogen-bond acceptors (Lipinski definition) is 5. The van der Waals surface area contributed by atoms with Crippen LogP contribution in [0.4, 0.5) is 5.69 Å². The minimum absolute atomic E-state index is 0.0618. The number of H-pyrrole nitrogens is 1. The molecule has 1 aliphatic carbocycles. The molecule has 2 bridgehead atoms. The van der Waals surface area contributed by atoms with Gasteiger partial charge in [0.15, 0.2) is 5.82 Å². The van der Waals surface area contributed by atoms with Gasteiger partial charge in [0.1, 0.15) is 5.69 Å². The Morgan fingerprint density at radius 3 is 2.83 bits per heavy atom. The van der Waals surface area contributed by atoms with Crippen molar-refractivity contribution in [3.8, 4) is 11.5 Å². The van der Waals surface area contributed by atoms with E-state index in [9.17, 15) is 4.79 Å². The molecule has 0 unspecified atom stereocenters. The van der Waals surface area contributed by atoms with Gasteiger partial charge in [0.2, 0.25) is 0 Å². The molecule has 2 aliphatic heterocycles. The molecule has 2 atom stereocenters. The molecule has 0 spiro atoms. The number of imidazole rings is 1. The van der Waals surface area contributed by atoms with Crippen molar-refractivity contribution >= 4 is 28.8 Å². The summed E-state index contributed by atoms with van der Waals surface area (Å²) in [4.78, 5) is 37.2. The second-order valence-electron chi connectivity index (χ2n) is 11.1. The normalized spacial score (nSPS) is 23.5. The molecule has 36 heavy (non-hydrogen) atoms. The standard InChI is InChI=1S/C29H28N6O/c1-28(2)25-14-19-13-22-23(34-26(33-22)24-16-30-9-10-32-24)15-20(19)29(28,3)7-11-35(25)27(36)18-4-5-21-17(12-18)6-8-31-21/h4-5,8-10,12-13,15-16,25H,6-7,11,14H2,1-3H3,(H,33,34)/t25-,29+/m1/s1. The number of aromatic nitrogens is 4. The molecule has 1 N–H and O–H groups in total. The fourth-order valence-corrected chi connectivity index (χ4v) is 6.62. The third kappa shape index (κ3) is 2.89. The van der Waals surface area contributed by atoms with Gasteiger partial charge in [-0.25, -0.2) is 9.97 Å². The number of fused-ring (bicyclic) bond motifs is 6. The smallest absolute Gasteiger partial charge is 0.254 e. The quantitative estimate of drug-likeness (QED) is 0.439. The molecule has 3 aliphatic rings. The SMILES string of the molecule is CC1(C)[C@H]2Cc3cc4[nH]c(-c5cnccn5)nc4cc3[C@]1(C)CCN2C(=O)c1ccc2c(c1)CC=N2. The third-order valence-electron chi connectivity index (χ3n) is 9.13. The summed E-state index contributed by atoms with van der Waals surface area (Å²) in [6.07, 6.45) is 9.52. The van der Waals surface area contributed by atoms with Crippen molar-refractivity contribution < 1.29 is 4.79 Å². The van der Waals surface area contributed by atoms with Gasteiger partial charge < -0.3 is 9.88 Å². The van der Waals surface area contributed by atoms with E-state index < -0.39 is 0 Å². The van der Waals surface area contributed by atoms with Crippen LogP contribution >= 0.6 is 0 Å². The predicted molar refractivity (Wildman–Crippen MR) is 140 cm³/mol. The van der Waals surface area contributed by atoms with E-state index in [1.54, 1.807) is 18.6 Å². The molecule has 0 saturated carbocycles. The number of aliphatic imine (C=N–C) groups is 1. The van der Waals surface area contributed by atoms with Crippen LogP contribution in [0, 0.1) is 5.41 Å². The molecule has 7 heteroatoms. The molecule has 2 aromatic carbocycles. The van der Waals surface area contributed by atoms with Crippen LogP contribution in [0.25, 0.3) is 22.6 Å². The number of hydrogen-bond donors (Lipinski definition) is 1. The third-order valence-corrected chi connectivity index (χ3v) is 9.13. The second kappa shape index (κ2) is 7.32. The van der Waals surface area contributed by atoms with E-state index in [0.717, 1.165) is 65.2 Å². The minimum atomic E-state index is -0.0918. The average Bonchev–Trinajstić information content (AvgIpc) is 3.52. The van der Waals surface area contributed by atoms with E-state index in [2.05, 4.69) is 57.7 Å². The van der Waals surface area contributed by atoms with Crippen LogP contribution < -0.4 is 0 Å². The first-order chi connectivity index (χ1) is 17.3. The Kier molecular flexibility index (Phi) is 4.36. The number of nitrogens with one attached hydrogen (secondary N) is 1. The fraction of sp³-hybridized carbons (Fsp3) is 0.345. The first-order valence-corrected chi connectivity index (χ1v) is 12.6. The van der Waals surface area contributed by atoms with Gasteiger partial charge in [0.05, 0.1) is 22.9 Å². The zero-order valence-electron chi connectivity index (χ0n) is 20.7. The van der Waals surface area contributed by atoms with Crippen molar-refractivity contribution in [2.45, 2.75) is 51.5 Å². The van der Waals surface area contributed by atoms with Gasteiger partial charge in [-0.1, -0.05) is 20.8 Å². The highest BCUT2D eigenvalue weighted by molar-refractivity contribution is 5.96. The van der Waals surface area contributed by atoms with E-state index >= 15 is 0 Å². The van der Waals surface area contributed by atoms with E-state index in [1.165, 1.54) is 11.1 Å². The largest absolute Gasteiger partial charge is 0.337 e. The van der Waals surface area contributed by atoms with Crippen LogP contribution in [-0.2, 0) is 18.3 Å². The molecule has 4 heterocycles. The number of carbonyl (C=O) groups excluding carboxylic acids is 1. The summed E-state index contributed by atoms with van der Waals surface area (Å²) < 4.78 is 0. The molecule has 1 fully saturated rings. The number of nitrogens with zero attached hydrogens (tertiary/aromatic N) is 5. The molecule has 1 amide bonds. The predicted octanol–water partition coefficient (Wildman–Crippen LogP) is 5.03. The van der Waals surface area contributed by atoms with Crippen molar-refractivity contribution in [1.82, 2.24) is 24.8 Å². The lowest BCUT2D eigenvalue weighted by Gasteiger charge is -2.60. The van der Waals surface area contributed by atoms with Crippen molar-refractivity contribution in [2.75, 3.05) is 6.54 Å². The first kappa shape index (κ1) is 21.4. The number of rotatable bonds is 2. The zero-order valence-corrected chi connectivity index (χ0v) is 20.7. The van der Waals surface area contributed by atoms with Gasteiger partial charge in [-0.15, -0.1) is 0 Å². The van der Waals surface area contributed by atoms with Crippen LogP contribution in [0.3, 0.4) is 0 Å². The van der Waals surface area contributed by atoms with Gasteiger partial charge in [-0.05, 0) is 65.3 Å². The molecule has 4 aromatic rings. The summed E-state index contributed by atoms with van der Waals surface area (Å²) in [6.45, 7) is 7.78. The molecule has 1 saturated heterocycles. The summed E-state index contributed by atoms with van der Waals surface area (Å²) in [5.74, 6) is 0.853. The molecular formula is C29H28N6O. The van der Waals surface area contributed by atoms with Gasteiger partial charge >= 0.3 is 0 Å². The van der Waals surface area contributed by atoms with E-state index in [-0.39, 0.29) is 22.8 Å². The molecule has 180 valence electrons. The van der Waals surface area contributed by atoms with Gasteiger partial charge in [0.25, 0.3) is 5.91 Å². The Balaban J connectivity index is 1.29. The topological polar surface area (TPSA) is 87.1 Å². The zero-order chi connectivity index (χ0) is 24.7. The number of aromatic amines is 1. The number of carbonyl (C=O) groups is 1. The molecular weight excluding hydrogens is 448 g/mol. The number of likely N-dealkylation sites (tertiary alicyclic amines) is 1. The Bertz CT molecular complexity index is 1570. The maximum atomic E-state index is 13.8. The summed E-state index contributed by atoms with van der Waals surface area (Å²) in [7, 11) is 0. The summed E-state index contributed by atoms with van der Waals surface area (Å²) in [5, 5.41) is 0. The van der Waals surface area contributed by atoms with Crippen molar-refractivity contribution in [1.29, 1.82) is 0 Å².